The lowest BCUT2D eigenvalue weighted by molar-refractivity contribution is -0.123. The third-order valence-corrected chi connectivity index (χ3v) is 3.66. The normalized spacial score (nSPS) is 9.97. The van der Waals surface area contributed by atoms with Gasteiger partial charge in [0.05, 0.1) is 6.61 Å². The lowest BCUT2D eigenvalue weighted by Crippen LogP contribution is -2.49. The molecule has 154 valence electrons. The maximum absolute atomic E-state index is 12.3. The van der Waals surface area contributed by atoms with E-state index in [1.807, 2.05) is 13.0 Å². The summed E-state index contributed by atoms with van der Waals surface area (Å²) in [6.45, 7) is 3.17. The van der Waals surface area contributed by atoms with Crippen molar-refractivity contribution in [2.75, 3.05) is 26.4 Å². The molecule has 0 aromatic heterocycles. The summed E-state index contributed by atoms with van der Waals surface area (Å²) < 4.78 is 16.0. The lowest BCUT2D eigenvalue weighted by Gasteiger charge is -2.12. The number of nitrogens with one attached hydrogen (secondary N) is 3. The van der Waals surface area contributed by atoms with Crippen molar-refractivity contribution in [3.63, 3.8) is 0 Å². The Morgan fingerprint density at radius 2 is 1.69 bits per heavy atom. The molecule has 9 heteroatoms. The molecule has 0 heterocycles. The van der Waals surface area contributed by atoms with Crippen molar-refractivity contribution in [2.45, 2.75) is 6.92 Å². The number of amides is 2. The van der Waals surface area contributed by atoms with Crippen molar-refractivity contribution in [1.82, 2.24) is 16.2 Å². The second kappa shape index (κ2) is 12.3. The van der Waals surface area contributed by atoms with Crippen LogP contribution in [0.2, 0.25) is 0 Å². The van der Waals surface area contributed by atoms with Gasteiger partial charge in [-0.05, 0) is 49.5 Å². The highest BCUT2D eigenvalue weighted by atomic mass is 32.1. The Labute approximate surface area is 174 Å². The molecule has 3 N–H and O–H groups in total. The molecule has 2 aromatic carbocycles. The summed E-state index contributed by atoms with van der Waals surface area (Å²) in [5.41, 5.74) is 5.17. The maximum atomic E-state index is 12.3. The maximum Gasteiger partial charge on any atom is 0.276 e. The van der Waals surface area contributed by atoms with Crippen LogP contribution in [-0.4, -0.2) is 43.4 Å². The minimum atomic E-state index is -0.449. The molecular weight excluding hydrogens is 394 g/mol. The van der Waals surface area contributed by atoms with Crippen molar-refractivity contribution in [2.24, 2.45) is 0 Å². The highest BCUT2D eigenvalue weighted by molar-refractivity contribution is 7.80. The van der Waals surface area contributed by atoms with Crippen LogP contribution in [0.5, 0.6) is 11.5 Å². The highest BCUT2D eigenvalue weighted by Crippen LogP contribution is 2.13. The first kappa shape index (κ1) is 22.1. The molecule has 0 aliphatic heterocycles. The summed E-state index contributed by atoms with van der Waals surface area (Å²) in [5.74, 6) is 0.229. The minimum Gasteiger partial charge on any atom is -0.491 e. The fraction of sp³-hybridized carbons (Fsp3) is 0.250. The van der Waals surface area contributed by atoms with Gasteiger partial charge < -0.3 is 14.2 Å². The van der Waals surface area contributed by atoms with Crippen LogP contribution in [0.4, 0.5) is 0 Å². The van der Waals surface area contributed by atoms with Crippen molar-refractivity contribution in [3.8, 4) is 11.5 Å². The van der Waals surface area contributed by atoms with E-state index in [0.29, 0.717) is 36.9 Å². The van der Waals surface area contributed by atoms with Crippen LogP contribution in [0, 0.1) is 0 Å². The highest BCUT2D eigenvalue weighted by Gasteiger charge is 2.10. The summed E-state index contributed by atoms with van der Waals surface area (Å²) >= 11 is 5.01. The van der Waals surface area contributed by atoms with E-state index in [1.54, 1.807) is 48.5 Å². The van der Waals surface area contributed by atoms with E-state index >= 15 is 0 Å². The number of carbonyl (C=O) groups is 2. The van der Waals surface area contributed by atoms with Crippen LogP contribution in [0.1, 0.15) is 17.3 Å². The van der Waals surface area contributed by atoms with Crippen LogP contribution in [0.25, 0.3) is 0 Å². The number of hydrazine groups is 1. The molecule has 0 bridgehead atoms. The lowest BCUT2D eigenvalue weighted by atomic mass is 10.2. The zero-order valence-corrected chi connectivity index (χ0v) is 16.8. The SMILES string of the molecule is CCOCCOc1cccc(C(=O)NC(=S)NNC(=O)COc2ccccc2)c1. The fourth-order valence-electron chi connectivity index (χ4n) is 2.12. The van der Waals surface area contributed by atoms with E-state index in [2.05, 4.69) is 16.2 Å². The van der Waals surface area contributed by atoms with Gasteiger partial charge in [-0.3, -0.25) is 25.8 Å². The van der Waals surface area contributed by atoms with Crippen LogP contribution < -0.4 is 25.6 Å². The number of para-hydroxylation sites is 1. The molecular formula is C20H23N3O5S. The van der Waals surface area contributed by atoms with Crippen LogP contribution in [-0.2, 0) is 9.53 Å². The monoisotopic (exact) mass is 417 g/mol. The molecule has 0 atom stereocenters. The molecule has 8 nitrogen and oxygen atoms in total. The van der Waals surface area contributed by atoms with Crippen molar-refractivity contribution in [3.05, 3.63) is 60.2 Å². The first-order chi connectivity index (χ1) is 14.1. The number of benzene rings is 2. The van der Waals surface area contributed by atoms with E-state index in [1.165, 1.54) is 0 Å². The van der Waals surface area contributed by atoms with Gasteiger partial charge in [0.1, 0.15) is 18.1 Å². The number of carbonyl (C=O) groups excluding carboxylic acids is 2. The van der Waals surface area contributed by atoms with Gasteiger partial charge >= 0.3 is 0 Å². The Morgan fingerprint density at radius 3 is 2.45 bits per heavy atom. The second-order valence-electron chi connectivity index (χ2n) is 5.63. The number of thiocarbonyl (C=S) groups is 1. The molecule has 2 aromatic rings. The first-order valence-electron chi connectivity index (χ1n) is 8.97. The predicted octanol–water partition coefficient (Wildman–Crippen LogP) is 1.82. The fourth-order valence-corrected chi connectivity index (χ4v) is 2.27. The van der Waals surface area contributed by atoms with Crippen LogP contribution >= 0.6 is 12.2 Å². The van der Waals surface area contributed by atoms with Crippen molar-refractivity contribution < 1.29 is 23.8 Å². The third-order valence-electron chi connectivity index (χ3n) is 3.45. The topological polar surface area (TPSA) is 97.9 Å². The third kappa shape index (κ3) is 8.58. The summed E-state index contributed by atoms with van der Waals surface area (Å²) in [6.07, 6.45) is 0. The molecule has 0 spiro atoms. The zero-order valence-electron chi connectivity index (χ0n) is 16.0. The molecule has 2 amide bonds. The van der Waals surface area contributed by atoms with Gasteiger partial charge in [0.25, 0.3) is 11.8 Å². The number of rotatable bonds is 9. The summed E-state index contributed by atoms with van der Waals surface area (Å²) in [4.78, 5) is 24.1. The molecule has 0 aliphatic rings. The van der Waals surface area contributed by atoms with E-state index in [4.69, 9.17) is 26.4 Å². The average molecular weight is 417 g/mol. The van der Waals surface area contributed by atoms with Gasteiger partial charge in [0.15, 0.2) is 11.7 Å². The number of ether oxygens (including phenoxy) is 3. The Bertz CT molecular complexity index is 817. The molecule has 2 rings (SSSR count). The van der Waals surface area contributed by atoms with Crippen LogP contribution in [0.15, 0.2) is 54.6 Å². The summed E-state index contributed by atoms with van der Waals surface area (Å²) in [6, 6.07) is 15.6. The second-order valence-corrected chi connectivity index (χ2v) is 6.04. The zero-order chi connectivity index (χ0) is 20.9. The molecule has 0 aliphatic carbocycles. The number of hydrogen-bond acceptors (Lipinski definition) is 6. The molecule has 29 heavy (non-hydrogen) atoms. The summed E-state index contributed by atoms with van der Waals surface area (Å²) in [5, 5.41) is 2.42. The molecule has 0 unspecified atom stereocenters. The van der Waals surface area contributed by atoms with Gasteiger partial charge in [0, 0.05) is 12.2 Å². The molecule has 0 saturated heterocycles. The van der Waals surface area contributed by atoms with E-state index in [0.717, 1.165) is 0 Å². The van der Waals surface area contributed by atoms with Crippen LogP contribution in [0.3, 0.4) is 0 Å². The van der Waals surface area contributed by atoms with E-state index in [9.17, 15) is 9.59 Å². The largest absolute Gasteiger partial charge is 0.491 e. The molecule has 0 radical (unpaired) electrons. The van der Waals surface area contributed by atoms with Crippen molar-refractivity contribution >= 4 is 29.1 Å². The van der Waals surface area contributed by atoms with E-state index in [-0.39, 0.29) is 11.7 Å². The van der Waals surface area contributed by atoms with Gasteiger partial charge in [-0.25, -0.2) is 0 Å². The van der Waals surface area contributed by atoms with Crippen molar-refractivity contribution in [1.29, 1.82) is 0 Å². The quantitative estimate of drug-likeness (QED) is 0.325. The van der Waals surface area contributed by atoms with Gasteiger partial charge in [-0.2, -0.15) is 0 Å². The first-order valence-corrected chi connectivity index (χ1v) is 9.38. The van der Waals surface area contributed by atoms with Gasteiger partial charge in [-0.15, -0.1) is 0 Å². The number of hydrogen-bond donors (Lipinski definition) is 3. The Kier molecular flexibility index (Phi) is 9.40. The smallest absolute Gasteiger partial charge is 0.276 e. The standard InChI is InChI=1S/C20H23N3O5S/c1-2-26-11-12-27-17-10-6-7-15(13-17)19(25)21-20(29)23-22-18(24)14-28-16-8-4-3-5-9-16/h3-10,13H,2,11-12,14H2,1H3,(H,22,24)(H2,21,23,25,29). The van der Waals surface area contributed by atoms with Gasteiger partial charge in [-0.1, -0.05) is 24.3 Å². The Balaban J connectivity index is 1.72. The Morgan fingerprint density at radius 1 is 0.931 bits per heavy atom. The summed E-state index contributed by atoms with van der Waals surface area (Å²) in [7, 11) is 0. The van der Waals surface area contributed by atoms with E-state index < -0.39 is 11.8 Å². The Hall–Kier alpha value is -3.17. The minimum absolute atomic E-state index is 0.0503. The molecule has 0 saturated carbocycles. The average Bonchev–Trinajstić information content (AvgIpc) is 2.75. The molecule has 0 fully saturated rings. The van der Waals surface area contributed by atoms with Gasteiger partial charge in [0.2, 0.25) is 0 Å². The predicted molar refractivity (Wildman–Crippen MR) is 112 cm³/mol.